The Balaban J connectivity index is 1.99. The third-order valence-corrected chi connectivity index (χ3v) is 5.41. The second-order valence-electron chi connectivity index (χ2n) is 6.16. The fourth-order valence-corrected chi connectivity index (χ4v) is 3.71. The summed E-state index contributed by atoms with van der Waals surface area (Å²) in [5.41, 5.74) is 5.45. The zero-order valence-corrected chi connectivity index (χ0v) is 12.7. The molecule has 0 unspecified atom stereocenters. The van der Waals surface area contributed by atoms with Crippen LogP contribution in [0.1, 0.15) is 36.8 Å². The Labute approximate surface area is 120 Å². The minimum absolute atomic E-state index is 0.384. The Hall–Kier alpha value is -0.960. The summed E-state index contributed by atoms with van der Waals surface area (Å²) in [6, 6.07) is 4.47. The normalized spacial score (nSPS) is 18.3. The number of nitrogens with zero attached hydrogens (tertiary/aromatic N) is 2. The molecule has 1 aromatic carbocycles. The first-order valence-electron chi connectivity index (χ1n) is 7.16. The van der Waals surface area contributed by atoms with Crippen molar-refractivity contribution in [3.8, 4) is 0 Å². The summed E-state index contributed by atoms with van der Waals surface area (Å²) < 4.78 is 2.34. The van der Waals surface area contributed by atoms with Gasteiger partial charge < -0.3 is 4.57 Å². The van der Waals surface area contributed by atoms with E-state index in [0.717, 1.165) is 17.8 Å². The Morgan fingerprint density at radius 3 is 2.58 bits per heavy atom. The molecule has 19 heavy (non-hydrogen) atoms. The van der Waals surface area contributed by atoms with Gasteiger partial charge in [0.15, 0.2) is 0 Å². The number of rotatable bonds is 3. The topological polar surface area (TPSA) is 17.8 Å². The van der Waals surface area contributed by atoms with Crippen molar-refractivity contribution in [1.82, 2.24) is 9.55 Å². The smallest absolute Gasteiger partial charge is 0.0958 e. The van der Waals surface area contributed by atoms with E-state index in [1.54, 1.807) is 0 Å². The Morgan fingerprint density at radius 1 is 1.21 bits per heavy atom. The summed E-state index contributed by atoms with van der Waals surface area (Å²) in [5.74, 6) is 0.984. The maximum atomic E-state index is 4.61. The molecule has 0 radical (unpaired) electrons. The molecule has 1 aromatic heterocycles. The SMILES string of the molecule is Cc1cc2ncn(CC3(CS)CCCC3)c2cc1C. The fourth-order valence-electron chi connectivity index (χ4n) is 3.29. The van der Waals surface area contributed by atoms with Crippen LogP contribution in [0.5, 0.6) is 0 Å². The zero-order chi connectivity index (χ0) is 13.5. The van der Waals surface area contributed by atoms with Gasteiger partial charge in [-0.05, 0) is 61.1 Å². The van der Waals surface area contributed by atoms with E-state index in [0.29, 0.717) is 5.41 Å². The number of aromatic nitrogens is 2. The number of benzene rings is 1. The highest BCUT2D eigenvalue weighted by molar-refractivity contribution is 7.80. The van der Waals surface area contributed by atoms with Crippen molar-refractivity contribution in [2.45, 2.75) is 46.1 Å². The maximum Gasteiger partial charge on any atom is 0.0958 e. The molecule has 0 spiro atoms. The Bertz CT molecular complexity index is 594. The third-order valence-electron chi connectivity index (χ3n) is 4.74. The van der Waals surface area contributed by atoms with Crippen LogP contribution in [0.2, 0.25) is 0 Å². The quantitative estimate of drug-likeness (QED) is 0.833. The predicted molar refractivity (Wildman–Crippen MR) is 84.0 cm³/mol. The van der Waals surface area contributed by atoms with Gasteiger partial charge in [-0.25, -0.2) is 4.98 Å². The molecule has 2 aromatic rings. The molecular weight excluding hydrogens is 252 g/mol. The summed E-state index contributed by atoms with van der Waals surface area (Å²) in [4.78, 5) is 4.57. The zero-order valence-electron chi connectivity index (χ0n) is 11.8. The van der Waals surface area contributed by atoms with Gasteiger partial charge >= 0.3 is 0 Å². The summed E-state index contributed by atoms with van der Waals surface area (Å²) in [5, 5.41) is 0. The molecule has 1 aliphatic carbocycles. The number of hydrogen-bond acceptors (Lipinski definition) is 2. The molecule has 102 valence electrons. The minimum atomic E-state index is 0.384. The fraction of sp³-hybridized carbons (Fsp3) is 0.562. The molecule has 3 rings (SSSR count). The van der Waals surface area contributed by atoms with Gasteiger partial charge in [-0.2, -0.15) is 12.6 Å². The van der Waals surface area contributed by atoms with E-state index in [1.807, 2.05) is 6.33 Å². The van der Waals surface area contributed by atoms with Gasteiger partial charge in [-0.15, -0.1) is 0 Å². The Kier molecular flexibility index (Phi) is 3.34. The summed E-state index contributed by atoms with van der Waals surface area (Å²) in [6.07, 6.45) is 7.33. The van der Waals surface area contributed by atoms with Gasteiger partial charge in [-0.1, -0.05) is 12.8 Å². The van der Waals surface area contributed by atoms with Crippen LogP contribution in [0.3, 0.4) is 0 Å². The summed E-state index contributed by atoms with van der Waals surface area (Å²) >= 11 is 4.61. The van der Waals surface area contributed by atoms with E-state index < -0.39 is 0 Å². The molecule has 1 aliphatic rings. The van der Waals surface area contributed by atoms with E-state index >= 15 is 0 Å². The second kappa shape index (κ2) is 4.86. The molecule has 1 heterocycles. The lowest BCUT2D eigenvalue weighted by Crippen LogP contribution is -2.25. The number of hydrogen-bond donors (Lipinski definition) is 1. The van der Waals surface area contributed by atoms with Gasteiger partial charge in [0.25, 0.3) is 0 Å². The van der Waals surface area contributed by atoms with Gasteiger partial charge in [0.05, 0.1) is 17.4 Å². The average Bonchev–Trinajstić information content (AvgIpc) is 3.00. The number of imidazole rings is 1. The van der Waals surface area contributed by atoms with Crippen molar-refractivity contribution >= 4 is 23.7 Å². The van der Waals surface area contributed by atoms with Crippen LogP contribution in [0, 0.1) is 19.3 Å². The average molecular weight is 274 g/mol. The van der Waals surface area contributed by atoms with Gasteiger partial charge in [0.2, 0.25) is 0 Å². The van der Waals surface area contributed by atoms with E-state index in [-0.39, 0.29) is 0 Å². The molecule has 0 amide bonds. The van der Waals surface area contributed by atoms with Crippen molar-refractivity contribution in [3.63, 3.8) is 0 Å². The largest absolute Gasteiger partial charge is 0.330 e. The molecular formula is C16H22N2S. The van der Waals surface area contributed by atoms with E-state index in [1.165, 1.54) is 42.3 Å². The van der Waals surface area contributed by atoms with Gasteiger partial charge in [0, 0.05) is 6.54 Å². The number of fused-ring (bicyclic) bond motifs is 1. The highest BCUT2D eigenvalue weighted by atomic mass is 32.1. The van der Waals surface area contributed by atoms with Crippen LogP contribution in [0.4, 0.5) is 0 Å². The Morgan fingerprint density at radius 2 is 1.89 bits per heavy atom. The first-order chi connectivity index (χ1) is 9.13. The first-order valence-corrected chi connectivity index (χ1v) is 7.80. The van der Waals surface area contributed by atoms with E-state index in [9.17, 15) is 0 Å². The van der Waals surface area contributed by atoms with Crippen LogP contribution in [-0.4, -0.2) is 15.3 Å². The maximum absolute atomic E-state index is 4.61. The second-order valence-corrected chi connectivity index (χ2v) is 6.48. The molecule has 3 heteroatoms. The van der Waals surface area contributed by atoms with Crippen LogP contribution >= 0.6 is 12.6 Å². The van der Waals surface area contributed by atoms with Crippen molar-refractivity contribution in [2.24, 2.45) is 5.41 Å². The van der Waals surface area contributed by atoms with Gasteiger partial charge in [0.1, 0.15) is 0 Å². The molecule has 1 saturated carbocycles. The van der Waals surface area contributed by atoms with E-state index in [2.05, 4.69) is 48.2 Å². The lowest BCUT2D eigenvalue weighted by Gasteiger charge is -2.27. The van der Waals surface area contributed by atoms with Crippen molar-refractivity contribution in [3.05, 3.63) is 29.6 Å². The summed E-state index contributed by atoms with van der Waals surface area (Å²) in [6.45, 7) is 5.39. The highest BCUT2D eigenvalue weighted by Crippen LogP contribution is 2.41. The lowest BCUT2D eigenvalue weighted by atomic mass is 9.88. The third kappa shape index (κ3) is 2.29. The standard InChI is InChI=1S/C16H22N2S/c1-12-7-14-15(8-13(12)2)18(11-17-14)9-16(10-19)5-3-4-6-16/h7-8,11,19H,3-6,9-10H2,1-2H3. The number of thiol groups is 1. The molecule has 0 atom stereocenters. The predicted octanol–water partition coefficient (Wildman–Crippen LogP) is 4.14. The molecule has 0 bridgehead atoms. The number of aryl methyl sites for hydroxylation is 2. The van der Waals surface area contributed by atoms with Crippen molar-refractivity contribution < 1.29 is 0 Å². The highest BCUT2D eigenvalue weighted by Gasteiger charge is 2.33. The van der Waals surface area contributed by atoms with Crippen molar-refractivity contribution in [2.75, 3.05) is 5.75 Å². The minimum Gasteiger partial charge on any atom is -0.330 e. The van der Waals surface area contributed by atoms with Gasteiger partial charge in [-0.3, -0.25) is 0 Å². The van der Waals surface area contributed by atoms with E-state index in [4.69, 9.17) is 0 Å². The van der Waals surface area contributed by atoms with Crippen LogP contribution < -0.4 is 0 Å². The lowest BCUT2D eigenvalue weighted by molar-refractivity contribution is 0.294. The van der Waals surface area contributed by atoms with Crippen LogP contribution in [-0.2, 0) is 6.54 Å². The molecule has 1 fully saturated rings. The van der Waals surface area contributed by atoms with Crippen LogP contribution in [0.15, 0.2) is 18.5 Å². The molecule has 0 saturated heterocycles. The molecule has 0 N–H and O–H groups in total. The summed E-state index contributed by atoms with van der Waals surface area (Å²) in [7, 11) is 0. The van der Waals surface area contributed by atoms with Crippen molar-refractivity contribution in [1.29, 1.82) is 0 Å². The first kappa shape index (κ1) is 13.0. The monoisotopic (exact) mass is 274 g/mol. The van der Waals surface area contributed by atoms with Crippen LogP contribution in [0.25, 0.3) is 11.0 Å². The molecule has 2 nitrogen and oxygen atoms in total. The molecule has 0 aliphatic heterocycles.